The molecule has 0 N–H and O–H groups in total. The minimum atomic E-state index is -2.55. The Morgan fingerprint density at radius 3 is 2.56 bits per heavy atom. The first-order chi connectivity index (χ1) is 8.22. The van der Waals surface area contributed by atoms with Crippen LogP contribution in [0.1, 0.15) is 45.1 Å². The number of aromatic nitrogens is 2. The van der Waals surface area contributed by atoms with Gasteiger partial charge in [-0.3, -0.25) is 0 Å². The van der Waals surface area contributed by atoms with Gasteiger partial charge in [0.25, 0.3) is 5.92 Å². The third-order valence-electron chi connectivity index (χ3n) is 3.84. The van der Waals surface area contributed by atoms with Gasteiger partial charge in [0.2, 0.25) is 0 Å². The molecule has 3 nitrogen and oxygen atoms in total. The molecule has 1 fully saturated rings. The molecule has 0 amide bonds. The van der Waals surface area contributed by atoms with Crippen LogP contribution in [0.2, 0.25) is 0 Å². The van der Waals surface area contributed by atoms with E-state index in [1.165, 1.54) is 0 Å². The molecule has 1 aromatic heterocycles. The fourth-order valence-electron chi connectivity index (χ4n) is 2.88. The minimum Gasteiger partial charge on any atom is -0.371 e. The summed E-state index contributed by atoms with van der Waals surface area (Å²) in [6, 6.07) is 0. The molecule has 100 valence electrons. The standard InChI is InChI=1S/C13H18F2N2O/c1-11(2,3)9-4-17-10(16-9)5-18-8-12(17)6-13(14,15)7-12/h4H,5-8H2,1-3H3. The number of nitrogens with zero attached hydrogens (tertiary/aromatic N) is 2. The van der Waals surface area contributed by atoms with E-state index in [4.69, 9.17) is 4.74 Å². The summed E-state index contributed by atoms with van der Waals surface area (Å²) in [6.07, 6.45) is 1.67. The molecular formula is C13H18F2N2O. The molecule has 1 aliphatic heterocycles. The molecule has 18 heavy (non-hydrogen) atoms. The van der Waals surface area contributed by atoms with Crippen molar-refractivity contribution in [2.75, 3.05) is 6.61 Å². The van der Waals surface area contributed by atoms with E-state index in [1.807, 2.05) is 10.8 Å². The molecule has 2 heterocycles. The summed E-state index contributed by atoms with van der Waals surface area (Å²) >= 11 is 0. The first-order valence-corrected chi connectivity index (χ1v) is 6.27. The Bertz CT molecular complexity index is 480. The van der Waals surface area contributed by atoms with Crippen LogP contribution in [-0.4, -0.2) is 22.1 Å². The summed E-state index contributed by atoms with van der Waals surface area (Å²) in [4.78, 5) is 4.54. The highest BCUT2D eigenvalue weighted by Gasteiger charge is 2.59. The van der Waals surface area contributed by atoms with Crippen LogP contribution in [0.4, 0.5) is 8.78 Å². The molecule has 3 rings (SSSR count). The molecule has 0 atom stereocenters. The summed E-state index contributed by atoms with van der Waals surface area (Å²) in [5, 5.41) is 0. The SMILES string of the molecule is CC(C)(C)c1cn2c(n1)COCC21CC(F)(F)C1. The average Bonchev–Trinajstić information content (AvgIpc) is 2.59. The Hall–Kier alpha value is -0.970. The van der Waals surface area contributed by atoms with Gasteiger partial charge in [-0.2, -0.15) is 0 Å². The first-order valence-electron chi connectivity index (χ1n) is 6.27. The molecule has 0 radical (unpaired) electrons. The highest BCUT2D eigenvalue weighted by Crippen LogP contribution is 2.52. The number of fused-ring (bicyclic) bond motifs is 2. The lowest BCUT2D eigenvalue weighted by Crippen LogP contribution is -2.57. The number of hydrogen-bond acceptors (Lipinski definition) is 2. The smallest absolute Gasteiger partial charge is 0.252 e. The lowest BCUT2D eigenvalue weighted by atomic mass is 9.73. The van der Waals surface area contributed by atoms with Crippen molar-refractivity contribution in [1.82, 2.24) is 9.55 Å². The Kier molecular flexibility index (Phi) is 2.23. The lowest BCUT2D eigenvalue weighted by Gasteiger charge is -2.50. The lowest BCUT2D eigenvalue weighted by molar-refractivity contribution is -0.186. The fraction of sp³-hybridized carbons (Fsp3) is 0.769. The molecular weight excluding hydrogens is 238 g/mol. The van der Waals surface area contributed by atoms with Crippen LogP contribution in [0.3, 0.4) is 0 Å². The van der Waals surface area contributed by atoms with E-state index in [0.29, 0.717) is 13.2 Å². The number of alkyl halides is 2. The Morgan fingerprint density at radius 2 is 2.00 bits per heavy atom. The predicted molar refractivity (Wildman–Crippen MR) is 62.7 cm³/mol. The van der Waals surface area contributed by atoms with Crippen molar-refractivity contribution in [2.24, 2.45) is 0 Å². The molecule has 0 aromatic carbocycles. The van der Waals surface area contributed by atoms with E-state index < -0.39 is 11.5 Å². The zero-order valence-corrected chi connectivity index (χ0v) is 11.0. The predicted octanol–water partition coefficient (Wildman–Crippen LogP) is 2.84. The first kappa shape index (κ1) is 12.1. The molecule has 1 aromatic rings. The Labute approximate surface area is 105 Å². The van der Waals surface area contributed by atoms with E-state index in [-0.39, 0.29) is 18.3 Å². The summed E-state index contributed by atoms with van der Waals surface area (Å²) in [5.74, 6) is -1.77. The van der Waals surface area contributed by atoms with Crippen LogP contribution < -0.4 is 0 Å². The molecule has 0 unspecified atom stereocenters. The van der Waals surface area contributed by atoms with Crippen molar-refractivity contribution in [3.63, 3.8) is 0 Å². The summed E-state index contributed by atoms with van der Waals surface area (Å²) in [7, 11) is 0. The monoisotopic (exact) mass is 256 g/mol. The van der Waals surface area contributed by atoms with Gasteiger partial charge >= 0.3 is 0 Å². The Balaban J connectivity index is 2.00. The van der Waals surface area contributed by atoms with Crippen LogP contribution >= 0.6 is 0 Å². The number of imidazole rings is 1. The van der Waals surface area contributed by atoms with Gasteiger partial charge in [-0.1, -0.05) is 20.8 Å². The maximum absolute atomic E-state index is 13.2. The van der Waals surface area contributed by atoms with Crippen molar-refractivity contribution < 1.29 is 13.5 Å². The maximum Gasteiger partial charge on any atom is 0.252 e. The van der Waals surface area contributed by atoms with Gasteiger partial charge in [-0.25, -0.2) is 13.8 Å². The Morgan fingerprint density at radius 1 is 1.33 bits per heavy atom. The van der Waals surface area contributed by atoms with E-state index in [0.717, 1.165) is 11.5 Å². The average molecular weight is 256 g/mol. The largest absolute Gasteiger partial charge is 0.371 e. The number of ether oxygens (including phenoxy) is 1. The molecule has 5 heteroatoms. The van der Waals surface area contributed by atoms with Crippen LogP contribution in [0.25, 0.3) is 0 Å². The van der Waals surface area contributed by atoms with Crippen molar-refractivity contribution in [3.05, 3.63) is 17.7 Å². The molecule has 0 saturated heterocycles. The summed E-state index contributed by atoms with van der Waals surface area (Å²) in [6.45, 7) is 7.01. The minimum absolute atomic E-state index is 0.0716. The molecule has 0 bridgehead atoms. The van der Waals surface area contributed by atoms with E-state index >= 15 is 0 Å². The number of rotatable bonds is 0. The summed E-state index contributed by atoms with van der Waals surface area (Å²) in [5.41, 5.74) is 0.309. The maximum atomic E-state index is 13.2. The third-order valence-corrected chi connectivity index (χ3v) is 3.84. The second-order valence-corrected chi connectivity index (χ2v) is 6.59. The van der Waals surface area contributed by atoms with Crippen molar-refractivity contribution >= 4 is 0 Å². The quantitative estimate of drug-likeness (QED) is 0.713. The second kappa shape index (κ2) is 3.32. The topological polar surface area (TPSA) is 27.1 Å². The van der Waals surface area contributed by atoms with Gasteiger partial charge in [0.05, 0.1) is 17.8 Å². The second-order valence-electron chi connectivity index (χ2n) is 6.59. The van der Waals surface area contributed by atoms with Gasteiger partial charge in [-0.15, -0.1) is 0 Å². The molecule has 1 aliphatic carbocycles. The fourth-order valence-corrected chi connectivity index (χ4v) is 2.88. The van der Waals surface area contributed by atoms with Crippen molar-refractivity contribution in [3.8, 4) is 0 Å². The zero-order chi connectivity index (χ0) is 13.2. The van der Waals surface area contributed by atoms with Gasteiger partial charge in [0, 0.05) is 24.5 Å². The van der Waals surface area contributed by atoms with E-state index in [1.54, 1.807) is 0 Å². The van der Waals surface area contributed by atoms with Gasteiger partial charge < -0.3 is 9.30 Å². The zero-order valence-electron chi connectivity index (χ0n) is 11.0. The molecule has 1 spiro atoms. The van der Waals surface area contributed by atoms with E-state index in [9.17, 15) is 8.78 Å². The highest BCUT2D eigenvalue weighted by atomic mass is 19.3. The van der Waals surface area contributed by atoms with Crippen LogP contribution in [0.5, 0.6) is 0 Å². The third kappa shape index (κ3) is 1.67. The van der Waals surface area contributed by atoms with Crippen molar-refractivity contribution in [2.45, 2.75) is 57.1 Å². The number of hydrogen-bond donors (Lipinski definition) is 0. The summed E-state index contributed by atoms with van der Waals surface area (Å²) < 4.78 is 33.8. The normalized spacial score (nSPS) is 24.7. The molecule has 2 aliphatic rings. The van der Waals surface area contributed by atoms with Crippen LogP contribution in [-0.2, 0) is 22.3 Å². The highest BCUT2D eigenvalue weighted by molar-refractivity contribution is 5.19. The molecule has 1 saturated carbocycles. The van der Waals surface area contributed by atoms with Crippen LogP contribution in [0.15, 0.2) is 6.20 Å². The van der Waals surface area contributed by atoms with E-state index in [2.05, 4.69) is 25.8 Å². The van der Waals surface area contributed by atoms with Crippen molar-refractivity contribution in [1.29, 1.82) is 0 Å². The van der Waals surface area contributed by atoms with Gasteiger partial charge in [0.1, 0.15) is 12.4 Å². The van der Waals surface area contributed by atoms with Crippen LogP contribution in [0, 0.1) is 0 Å². The number of halogens is 2. The van der Waals surface area contributed by atoms with Gasteiger partial charge in [0.15, 0.2) is 0 Å². The van der Waals surface area contributed by atoms with Gasteiger partial charge in [-0.05, 0) is 0 Å².